The summed E-state index contributed by atoms with van der Waals surface area (Å²) in [5.41, 5.74) is 0.892. The molecular weight excluding hydrogens is 216 g/mol. The normalized spacial score (nSPS) is 19.6. The Morgan fingerprint density at radius 2 is 2.24 bits per heavy atom. The Balaban J connectivity index is 1.74. The molecule has 0 amide bonds. The van der Waals surface area contributed by atoms with Crippen LogP contribution in [0, 0.1) is 5.92 Å². The highest BCUT2D eigenvalue weighted by Gasteiger charge is 2.17. The molecule has 2 aromatic heterocycles. The number of hydrogen-bond acceptors (Lipinski definition) is 5. The van der Waals surface area contributed by atoms with Gasteiger partial charge in [-0.2, -0.15) is 0 Å². The van der Waals surface area contributed by atoms with Gasteiger partial charge in [0.1, 0.15) is 0 Å². The van der Waals surface area contributed by atoms with Crippen molar-refractivity contribution in [3.05, 3.63) is 30.4 Å². The Hall–Kier alpha value is -1.82. The van der Waals surface area contributed by atoms with Gasteiger partial charge in [0.15, 0.2) is 5.82 Å². The number of nitrogens with one attached hydrogen (secondary N) is 1. The van der Waals surface area contributed by atoms with Crippen LogP contribution >= 0.6 is 0 Å². The van der Waals surface area contributed by atoms with E-state index in [2.05, 4.69) is 25.7 Å². The topological polar surface area (TPSA) is 68.5 Å². The minimum absolute atomic E-state index is 0.644. The highest BCUT2D eigenvalue weighted by atomic mass is 15.6. The van der Waals surface area contributed by atoms with Crippen LogP contribution in [0.3, 0.4) is 0 Å². The van der Waals surface area contributed by atoms with E-state index in [1.54, 1.807) is 17.2 Å². The van der Waals surface area contributed by atoms with Gasteiger partial charge in [0.05, 0.1) is 5.69 Å². The molecule has 6 heteroatoms. The molecule has 1 fully saturated rings. The van der Waals surface area contributed by atoms with Crippen molar-refractivity contribution in [3.8, 4) is 5.69 Å². The number of tetrazole rings is 1. The molecule has 3 rings (SSSR count). The van der Waals surface area contributed by atoms with Gasteiger partial charge in [-0.1, -0.05) is 0 Å². The Labute approximate surface area is 99.1 Å². The maximum absolute atomic E-state index is 4.38. The van der Waals surface area contributed by atoms with Crippen LogP contribution in [-0.4, -0.2) is 38.3 Å². The van der Waals surface area contributed by atoms with Crippen molar-refractivity contribution in [2.75, 3.05) is 13.1 Å². The van der Waals surface area contributed by atoms with Gasteiger partial charge in [0.25, 0.3) is 0 Å². The molecule has 0 spiro atoms. The van der Waals surface area contributed by atoms with E-state index in [-0.39, 0.29) is 0 Å². The fourth-order valence-electron chi connectivity index (χ4n) is 2.06. The second-order valence-electron chi connectivity index (χ2n) is 4.26. The van der Waals surface area contributed by atoms with Gasteiger partial charge < -0.3 is 5.32 Å². The number of aromatic nitrogens is 5. The van der Waals surface area contributed by atoms with Crippen molar-refractivity contribution >= 4 is 0 Å². The van der Waals surface area contributed by atoms with Crippen LogP contribution in [0.5, 0.6) is 0 Å². The smallest absolute Gasteiger partial charge is 0.175 e. The Morgan fingerprint density at radius 1 is 1.35 bits per heavy atom. The fraction of sp³-hybridized carbons (Fsp3) is 0.455. The highest BCUT2D eigenvalue weighted by molar-refractivity contribution is 5.24. The highest BCUT2D eigenvalue weighted by Crippen LogP contribution is 2.12. The van der Waals surface area contributed by atoms with Crippen molar-refractivity contribution in [2.45, 2.75) is 12.8 Å². The molecule has 1 atom stereocenters. The summed E-state index contributed by atoms with van der Waals surface area (Å²) in [6, 6.07) is 3.73. The van der Waals surface area contributed by atoms with E-state index in [0.717, 1.165) is 31.0 Å². The molecule has 1 saturated heterocycles. The summed E-state index contributed by atoms with van der Waals surface area (Å²) in [6.07, 6.45) is 5.54. The van der Waals surface area contributed by atoms with Gasteiger partial charge in [-0.3, -0.25) is 4.98 Å². The van der Waals surface area contributed by atoms with Gasteiger partial charge in [-0.15, -0.1) is 15.0 Å². The van der Waals surface area contributed by atoms with Gasteiger partial charge in [-0.05, 0) is 42.8 Å². The van der Waals surface area contributed by atoms with E-state index in [0.29, 0.717) is 5.92 Å². The molecule has 6 nitrogen and oxygen atoms in total. The molecule has 17 heavy (non-hydrogen) atoms. The van der Waals surface area contributed by atoms with Gasteiger partial charge in [-0.25, -0.2) is 0 Å². The van der Waals surface area contributed by atoms with Crippen LogP contribution in [0.25, 0.3) is 5.69 Å². The molecule has 1 aliphatic rings. The first-order chi connectivity index (χ1) is 8.42. The average molecular weight is 230 g/mol. The van der Waals surface area contributed by atoms with Crippen molar-refractivity contribution in [1.82, 2.24) is 30.5 Å². The second kappa shape index (κ2) is 4.58. The third-order valence-corrected chi connectivity index (χ3v) is 2.98. The zero-order chi connectivity index (χ0) is 11.5. The molecule has 0 aliphatic carbocycles. The summed E-state index contributed by atoms with van der Waals surface area (Å²) >= 11 is 0. The van der Waals surface area contributed by atoms with Crippen molar-refractivity contribution in [3.63, 3.8) is 0 Å². The summed E-state index contributed by atoms with van der Waals surface area (Å²) in [6.45, 7) is 2.16. The van der Waals surface area contributed by atoms with Crippen LogP contribution in [0.4, 0.5) is 0 Å². The van der Waals surface area contributed by atoms with E-state index in [1.165, 1.54) is 6.42 Å². The molecule has 2 aromatic rings. The monoisotopic (exact) mass is 230 g/mol. The van der Waals surface area contributed by atoms with Gasteiger partial charge >= 0.3 is 0 Å². The van der Waals surface area contributed by atoms with Crippen LogP contribution < -0.4 is 5.32 Å². The predicted octanol–water partition coefficient (Wildman–Crippen LogP) is 0.209. The van der Waals surface area contributed by atoms with Crippen molar-refractivity contribution < 1.29 is 0 Å². The first-order valence-corrected chi connectivity index (χ1v) is 5.82. The summed E-state index contributed by atoms with van der Waals surface area (Å²) in [5, 5.41) is 15.9. The molecule has 0 bridgehead atoms. The predicted molar refractivity (Wildman–Crippen MR) is 61.6 cm³/mol. The largest absolute Gasteiger partial charge is 0.316 e. The van der Waals surface area contributed by atoms with E-state index in [1.807, 2.05) is 12.1 Å². The van der Waals surface area contributed by atoms with Crippen molar-refractivity contribution in [2.24, 2.45) is 5.92 Å². The average Bonchev–Trinajstić information content (AvgIpc) is 3.02. The minimum Gasteiger partial charge on any atom is -0.316 e. The lowest BCUT2D eigenvalue weighted by molar-refractivity contribution is 0.560. The van der Waals surface area contributed by atoms with E-state index < -0.39 is 0 Å². The lowest BCUT2D eigenvalue weighted by Gasteiger charge is -2.02. The van der Waals surface area contributed by atoms with E-state index >= 15 is 0 Å². The molecule has 0 saturated carbocycles. The van der Waals surface area contributed by atoms with E-state index in [4.69, 9.17) is 0 Å². The van der Waals surface area contributed by atoms with E-state index in [9.17, 15) is 0 Å². The lowest BCUT2D eigenvalue weighted by atomic mass is 10.1. The Kier molecular flexibility index (Phi) is 2.79. The van der Waals surface area contributed by atoms with Crippen LogP contribution in [0.2, 0.25) is 0 Å². The summed E-state index contributed by atoms with van der Waals surface area (Å²) in [7, 11) is 0. The van der Waals surface area contributed by atoms with Crippen LogP contribution in [0.15, 0.2) is 24.5 Å². The Morgan fingerprint density at radius 3 is 3.00 bits per heavy atom. The second-order valence-corrected chi connectivity index (χ2v) is 4.26. The minimum atomic E-state index is 0.644. The summed E-state index contributed by atoms with van der Waals surface area (Å²) in [5.74, 6) is 1.46. The molecular formula is C11H14N6. The maximum Gasteiger partial charge on any atom is 0.175 e. The SMILES string of the molecule is c1cc(-n2nnc(CC3CCNC3)n2)ccn1. The number of pyridine rings is 1. The molecule has 88 valence electrons. The number of hydrogen-bond donors (Lipinski definition) is 1. The third kappa shape index (κ3) is 2.31. The first kappa shape index (κ1) is 10.3. The molecule has 0 aromatic carbocycles. The number of nitrogens with zero attached hydrogens (tertiary/aromatic N) is 5. The van der Waals surface area contributed by atoms with Gasteiger partial charge in [0, 0.05) is 18.8 Å². The fourth-order valence-corrected chi connectivity index (χ4v) is 2.06. The van der Waals surface area contributed by atoms with Crippen LogP contribution in [0.1, 0.15) is 12.2 Å². The summed E-state index contributed by atoms with van der Waals surface area (Å²) < 4.78 is 0. The Bertz CT molecular complexity index is 474. The number of rotatable bonds is 3. The quantitative estimate of drug-likeness (QED) is 0.816. The first-order valence-electron chi connectivity index (χ1n) is 5.82. The molecule has 0 radical (unpaired) electrons. The lowest BCUT2D eigenvalue weighted by Crippen LogP contribution is -2.11. The maximum atomic E-state index is 4.38. The summed E-state index contributed by atoms with van der Waals surface area (Å²) in [4.78, 5) is 5.52. The molecule has 1 aliphatic heterocycles. The molecule has 1 N–H and O–H groups in total. The standard InChI is InChI=1S/C11H14N6/c1-4-13-8-9(1)7-11-14-16-17(15-11)10-2-5-12-6-3-10/h2-3,5-6,9,13H,1,4,7-8H2. The zero-order valence-corrected chi connectivity index (χ0v) is 9.45. The van der Waals surface area contributed by atoms with Crippen molar-refractivity contribution in [1.29, 1.82) is 0 Å². The molecule has 3 heterocycles. The van der Waals surface area contributed by atoms with Gasteiger partial charge in [0.2, 0.25) is 0 Å². The third-order valence-electron chi connectivity index (χ3n) is 2.98. The molecule has 1 unspecified atom stereocenters. The van der Waals surface area contributed by atoms with Crippen LogP contribution in [-0.2, 0) is 6.42 Å². The zero-order valence-electron chi connectivity index (χ0n) is 9.45.